The summed E-state index contributed by atoms with van der Waals surface area (Å²) in [6.45, 7) is 0.638. The first-order valence-corrected chi connectivity index (χ1v) is 8.23. The summed E-state index contributed by atoms with van der Waals surface area (Å²) in [5.74, 6) is 1.17. The fraction of sp³-hybridized carbons (Fsp3) is 0.294. The summed E-state index contributed by atoms with van der Waals surface area (Å²) in [5.41, 5.74) is 1.14. The number of halogens is 1. The van der Waals surface area contributed by atoms with E-state index >= 15 is 0 Å². The second-order valence-corrected chi connectivity index (χ2v) is 6.43. The molecule has 1 N–H and O–H groups in total. The molecule has 1 aliphatic rings. The zero-order valence-corrected chi connectivity index (χ0v) is 13.8. The lowest BCUT2D eigenvalue weighted by Crippen LogP contribution is -2.18. The Bertz CT molecular complexity index is 675. The normalized spacial score (nSPS) is 16.9. The molecule has 3 rings (SSSR count). The second kappa shape index (κ2) is 6.92. The van der Waals surface area contributed by atoms with Crippen LogP contribution in [0.4, 0.5) is 5.82 Å². The molecule has 1 amide bonds. The highest BCUT2D eigenvalue weighted by atomic mass is 79.9. The van der Waals surface area contributed by atoms with E-state index in [2.05, 4.69) is 38.5 Å². The molecule has 0 unspecified atom stereocenters. The largest absolute Gasteiger partial charge is 0.311 e. The van der Waals surface area contributed by atoms with Gasteiger partial charge < -0.3 is 5.32 Å². The molecule has 1 aliphatic carbocycles. The minimum absolute atomic E-state index is 0.0501. The van der Waals surface area contributed by atoms with Crippen LogP contribution in [0.2, 0.25) is 0 Å². The fourth-order valence-electron chi connectivity index (χ4n) is 2.62. The van der Waals surface area contributed by atoms with Crippen LogP contribution in [0.5, 0.6) is 0 Å². The Hall–Kier alpha value is -1.88. The van der Waals surface area contributed by atoms with Gasteiger partial charge in [0.15, 0.2) is 0 Å². The van der Waals surface area contributed by atoms with Gasteiger partial charge in [0.25, 0.3) is 0 Å². The maximum Gasteiger partial charge on any atom is 0.226 e. The van der Waals surface area contributed by atoms with Crippen molar-refractivity contribution in [2.75, 3.05) is 5.32 Å². The van der Waals surface area contributed by atoms with Gasteiger partial charge in [-0.05, 0) is 36.5 Å². The summed E-state index contributed by atoms with van der Waals surface area (Å²) in [6.07, 6.45) is 8.70. The van der Waals surface area contributed by atoms with Crippen molar-refractivity contribution in [2.45, 2.75) is 25.8 Å². The van der Waals surface area contributed by atoms with Crippen molar-refractivity contribution in [3.63, 3.8) is 0 Å². The number of rotatable bonds is 5. The minimum atomic E-state index is 0.0501. The smallest absolute Gasteiger partial charge is 0.226 e. The van der Waals surface area contributed by atoms with Crippen LogP contribution in [-0.4, -0.2) is 15.7 Å². The summed E-state index contributed by atoms with van der Waals surface area (Å²) in [7, 11) is 0. The molecular formula is C17H18BrN3O. The zero-order valence-electron chi connectivity index (χ0n) is 12.2. The summed E-state index contributed by atoms with van der Waals surface area (Å²) in [4.78, 5) is 12.1. The van der Waals surface area contributed by atoms with Crippen molar-refractivity contribution >= 4 is 27.7 Å². The molecule has 114 valence electrons. The summed E-state index contributed by atoms with van der Waals surface area (Å²) < 4.78 is 2.86. The van der Waals surface area contributed by atoms with E-state index in [0.29, 0.717) is 18.9 Å². The Morgan fingerprint density at radius 3 is 2.86 bits per heavy atom. The van der Waals surface area contributed by atoms with Crippen LogP contribution in [0.25, 0.3) is 0 Å². The van der Waals surface area contributed by atoms with Crippen LogP contribution < -0.4 is 5.32 Å². The average Bonchev–Trinajstić information content (AvgIpc) is 3.14. The number of allylic oxidation sites excluding steroid dienone is 2. The van der Waals surface area contributed by atoms with Crippen molar-refractivity contribution in [1.29, 1.82) is 0 Å². The molecule has 0 saturated carbocycles. The van der Waals surface area contributed by atoms with E-state index in [9.17, 15) is 4.79 Å². The number of hydrogen-bond donors (Lipinski definition) is 1. The van der Waals surface area contributed by atoms with E-state index in [4.69, 9.17) is 0 Å². The molecule has 1 heterocycles. The first-order valence-electron chi connectivity index (χ1n) is 7.43. The monoisotopic (exact) mass is 359 g/mol. The summed E-state index contributed by atoms with van der Waals surface area (Å²) >= 11 is 3.43. The van der Waals surface area contributed by atoms with Crippen LogP contribution in [0.3, 0.4) is 0 Å². The lowest BCUT2D eigenvalue weighted by Gasteiger charge is -2.11. The molecule has 4 nitrogen and oxygen atoms in total. The fourth-order valence-corrected chi connectivity index (χ4v) is 2.89. The van der Waals surface area contributed by atoms with Crippen molar-refractivity contribution in [1.82, 2.24) is 9.78 Å². The Morgan fingerprint density at radius 2 is 2.14 bits per heavy atom. The van der Waals surface area contributed by atoms with Crippen LogP contribution in [0, 0.1) is 5.92 Å². The van der Waals surface area contributed by atoms with Gasteiger partial charge in [0, 0.05) is 17.0 Å². The molecule has 0 spiro atoms. The van der Waals surface area contributed by atoms with Gasteiger partial charge in [0.05, 0.1) is 12.7 Å². The first kappa shape index (κ1) is 15.0. The zero-order chi connectivity index (χ0) is 15.4. The number of carbonyl (C=O) groups excluding carboxylic acids is 1. The third-order valence-corrected chi connectivity index (χ3v) is 4.32. The van der Waals surface area contributed by atoms with Crippen LogP contribution >= 0.6 is 15.9 Å². The van der Waals surface area contributed by atoms with E-state index in [1.54, 1.807) is 6.20 Å². The number of benzene rings is 1. The number of nitrogens with one attached hydrogen (secondary N) is 1. The van der Waals surface area contributed by atoms with Gasteiger partial charge >= 0.3 is 0 Å². The summed E-state index contributed by atoms with van der Waals surface area (Å²) in [6, 6.07) is 9.93. The standard InChI is InChI=1S/C17H18BrN3O/c18-15-7-5-14(6-8-15)12-21-16(9-10-19-21)20-17(22)11-13-3-1-2-4-13/h1,3,5-10,13H,2,4,11-12H2,(H,20,22)/t13-/m1/s1. The lowest BCUT2D eigenvalue weighted by atomic mass is 10.1. The van der Waals surface area contributed by atoms with Crippen molar-refractivity contribution in [2.24, 2.45) is 5.92 Å². The highest BCUT2D eigenvalue weighted by Gasteiger charge is 2.15. The molecule has 1 aromatic heterocycles. The van der Waals surface area contributed by atoms with Gasteiger partial charge in [-0.1, -0.05) is 40.2 Å². The van der Waals surface area contributed by atoms with E-state index in [1.165, 1.54) is 0 Å². The number of amides is 1. The van der Waals surface area contributed by atoms with E-state index in [1.807, 2.05) is 35.0 Å². The van der Waals surface area contributed by atoms with Gasteiger partial charge in [-0.15, -0.1) is 0 Å². The predicted molar refractivity (Wildman–Crippen MR) is 90.6 cm³/mol. The molecular weight excluding hydrogens is 342 g/mol. The molecule has 1 aromatic carbocycles. The third kappa shape index (κ3) is 3.85. The molecule has 0 saturated heterocycles. The third-order valence-electron chi connectivity index (χ3n) is 3.79. The second-order valence-electron chi connectivity index (χ2n) is 5.52. The van der Waals surface area contributed by atoms with Gasteiger partial charge in [-0.25, -0.2) is 4.68 Å². The number of aromatic nitrogens is 2. The van der Waals surface area contributed by atoms with Crippen molar-refractivity contribution in [3.05, 3.63) is 58.7 Å². The molecule has 5 heteroatoms. The van der Waals surface area contributed by atoms with Gasteiger partial charge in [0.1, 0.15) is 5.82 Å². The Kier molecular flexibility index (Phi) is 4.73. The molecule has 0 bridgehead atoms. The Morgan fingerprint density at radius 1 is 1.32 bits per heavy atom. The van der Waals surface area contributed by atoms with Gasteiger partial charge in [-0.3, -0.25) is 4.79 Å². The quantitative estimate of drug-likeness (QED) is 0.820. The van der Waals surface area contributed by atoms with E-state index in [-0.39, 0.29) is 5.91 Å². The van der Waals surface area contributed by atoms with Gasteiger partial charge in [-0.2, -0.15) is 5.10 Å². The Labute approximate surface area is 138 Å². The maximum atomic E-state index is 12.1. The number of hydrogen-bond acceptors (Lipinski definition) is 2. The average molecular weight is 360 g/mol. The molecule has 0 fully saturated rings. The van der Waals surface area contributed by atoms with Crippen LogP contribution in [-0.2, 0) is 11.3 Å². The SMILES string of the molecule is O=C(C[C@@H]1C=CCC1)Nc1ccnn1Cc1ccc(Br)cc1. The highest BCUT2D eigenvalue weighted by molar-refractivity contribution is 9.10. The van der Waals surface area contributed by atoms with Crippen molar-refractivity contribution < 1.29 is 4.79 Å². The van der Waals surface area contributed by atoms with Crippen molar-refractivity contribution in [3.8, 4) is 0 Å². The number of anilines is 1. The maximum absolute atomic E-state index is 12.1. The highest BCUT2D eigenvalue weighted by Crippen LogP contribution is 2.21. The number of nitrogens with zero attached hydrogens (tertiary/aromatic N) is 2. The van der Waals surface area contributed by atoms with Crippen LogP contribution in [0.15, 0.2) is 53.2 Å². The van der Waals surface area contributed by atoms with E-state index in [0.717, 1.165) is 28.7 Å². The van der Waals surface area contributed by atoms with E-state index < -0.39 is 0 Å². The Balaban J connectivity index is 1.62. The lowest BCUT2D eigenvalue weighted by molar-refractivity contribution is -0.116. The topological polar surface area (TPSA) is 46.9 Å². The molecule has 0 aliphatic heterocycles. The predicted octanol–water partition coefficient (Wildman–Crippen LogP) is 3.99. The minimum Gasteiger partial charge on any atom is -0.311 e. The van der Waals surface area contributed by atoms with Crippen LogP contribution in [0.1, 0.15) is 24.8 Å². The first-order chi connectivity index (χ1) is 10.7. The molecule has 2 aromatic rings. The molecule has 1 atom stereocenters. The molecule has 0 radical (unpaired) electrons. The van der Waals surface area contributed by atoms with Gasteiger partial charge in [0.2, 0.25) is 5.91 Å². The number of carbonyl (C=O) groups is 1. The molecule has 22 heavy (non-hydrogen) atoms. The summed E-state index contributed by atoms with van der Waals surface area (Å²) in [5, 5.41) is 7.26.